The van der Waals surface area contributed by atoms with Crippen molar-refractivity contribution in [2.24, 2.45) is 5.92 Å². The van der Waals surface area contributed by atoms with Crippen molar-refractivity contribution >= 4 is 34.2 Å². The summed E-state index contributed by atoms with van der Waals surface area (Å²) in [6, 6.07) is 13.8. The van der Waals surface area contributed by atoms with Crippen LogP contribution in [0.3, 0.4) is 0 Å². The van der Waals surface area contributed by atoms with E-state index in [9.17, 15) is 14.4 Å². The zero-order valence-electron chi connectivity index (χ0n) is 19.0. The van der Waals surface area contributed by atoms with Crippen molar-refractivity contribution in [2.45, 2.75) is 32.9 Å². The monoisotopic (exact) mass is 474 g/mol. The second-order valence-electron chi connectivity index (χ2n) is 9.02. The number of nitrogens with zero attached hydrogens (tertiary/aromatic N) is 3. The smallest absolute Gasteiger partial charge is 0.261 e. The second-order valence-corrected chi connectivity index (χ2v) is 9.88. The number of hydrogen-bond acceptors (Lipinski definition) is 6. The standard InChI is InChI=1S/C26H26N4O3S/c1-17-6-5-11-29(13-17)15-20-16-34-26(27-20)28-23(31)19-8-4-7-18(12-19)14-30-24(32)21-9-2-3-10-22(21)25(30)33/h2-4,7-10,12,16-17H,5-6,11,13-15H2,1H3,(H,27,28,31). The van der Waals surface area contributed by atoms with E-state index in [0.717, 1.165) is 25.3 Å². The molecule has 5 rings (SSSR count). The molecular formula is C26H26N4O3S. The molecule has 0 aliphatic carbocycles. The summed E-state index contributed by atoms with van der Waals surface area (Å²) in [6.07, 6.45) is 2.49. The Morgan fingerprint density at radius 2 is 1.85 bits per heavy atom. The average molecular weight is 475 g/mol. The molecule has 8 heteroatoms. The number of carbonyl (C=O) groups is 3. The molecular weight excluding hydrogens is 448 g/mol. The number of likely N-dealkylation sites (tertiary alicyclic amines) is 1. The van der Waals surface area contributed by atoms with E-state index in [4.69, 9.17) is 0 Å². The van der Waals surface area contributed by atoms with E-state index >= 15 is 0 Å². The van der Waals surface area contributed by atoms with Crippen molar-refractivity contribution < 1.29 is 14.4 Å². The van der Waals surface area contributed by atoms with Crippen LogP contribution in [-0.4, -0.2) is 45.6 Å². The van der Waals surface area contributed by atoms with Gasteiger partial charge in [-0.15, -0.1) is 11.3 Å². The number of benzene rings is 2. The highest BCUT2D eigenvalue weighted by Gasteiger charge is 2.35. The minimum absolute atomic E-state index is 0.114. The summed E-state index contributed by atoms with van der Waals surface area (Å²) in [6.45, 7) is 5.36. The maximum Gasteiger partial charge on any atom is 0.261 e. The Morgan fingerprint density at radius 1 is 1.09 bits per heavy atom. The quantitative estimate of drug-likeness (QED) is 0.535. The number of fused-ring (bicyclic) bond motifs is 1. The van der Waals surface area contributed by atoms with Gasteiger partial charge in [0.1, 0.15) is 0 Å². The van der Waals surface area contributed by atoms with Crippen LogP contribution in [0.15, 0.2) is 53.9 Å². The highest BCUT2D eigenvalue weighted by atomic mass is 32.1. The SMILES string of the molecule is CC1CCCN(Cc2csc(NC(=O)c3cccc(CN4C(=O)c5ccccc5C4=O)c3)n2)C1. The number of rotatable bonds is 6. The van der Waals surface area contributed by atoms with Crippen LogP contribution < -0.4 is 5.32 Å². The van der Waals surface area contributed by atoms with Gasteiger partial charge in [0.2, 0.25) is 0 Å². The van der Waals surface area contributed by atoms with Crippen molar-refractivity contribution in [3.8, 4) is 0 Å². The molecule has 1 fully saturated rings. The zero-order chi connectivity index (χ0) is 23.7. The first-order chi connectivity index (χ1) is 16.5. The maximum atomic E-state index is 12.9. The third-order valence-corrected chi connectivity index (χ3v) is 7.11. The Labute approximate surface area is 202 Å². The lowest BCUT2D eigenvalue weighted by atomic mass is 10.0. The van der Waals surface area contributed by atoms with Crippen molar-refractivity contribution in [1.82, 2.24) is 14.8 Å². The summed E-state index contributed by atoms with van der Waals surface area (Å²) in [5.74, 6) is -0.182. The predicted molar refractivity (Wildman–Crippen MR) is 131 cm³/mol. The van der Waals surface area contributed by atoms with Crippen LogP contribution in [0.4, 0.5) is 5.13 Å². The van der Waals surface area contributed by atoms with Gasteiger partial charge in [0, 0.05) is 24.0 Å². The molecule has 3 heterocycles. The van der Waals surface area contributed by atoms with Crippen molar-refractivity contribution in [3.05, 3.63) is 81.9 Å². The molecule has 1 N–H and O–H groups in total. The van der Waals surface area contributed by atoms with Gasteiger partial charge in [-0.3, -0.25) is 29.5 Å². The van der Waals surface area contributed by atoms with Crippen molar-refractivity contribution in [3.63, 3.8) is 0 Å². The van der Waals surface area contributed by atoms with Crippen LogP contribution in [0, 0.1) is 5.92 Å². The molecule has 1 atom stereocenters. The molecule has 2 aliphatic rings. The minimum Gasteiger partial charge on any atom is -0.298 e. The molecule has 0 spiro atoms. The first kappa shape index (κ1) is 22.4. The molecule has 3 aromatic rings. The number of anilines is 1. The van der Waals surface area contributed by atoms with E-state index in [1.54, 1.807) is 48.5 Å². The fraction of sp³-hybridized carbons (Fsp3) is 0.308. The Balaban J connectivity index is 1.23. The number of carbonyl (C=O) groups excluding carboxylic acids is 3. The van der Waals surface area contributed by atoms with Crippen LogP contribution in [0.5, 0.6) is 0 Å². The number of imide groups is 1. The summed E-state index contributed by atoms with van der Waals surface area (Å²) in [5.41, 5.74) is 2.96. The molecule has 1 aromatic heterocycles. The predicted octanol–water partition coefficient (Wildman–Crippen LogP) is 4.42. The lowest BCUT2D eigenvalue weighted by Crippen LogP contribution is -2.33. The van der Waals surface area contributed by atoms with E-state index in [1.807, 2.05) is 5.38 Å². The molecule has 0 saturated carbocycles. The van der Waals surface area contributed by atoms with Crippen LogP contribution in [0.2, 0.25) is 0 Å². The first-order valence-electron chi connectivity index (χ1n) is 11.5. The molecule has 2 aromatic carbocycles. The molecule has 2 aliphatic heterocycles. The molecule has 0 bridgehead atoms. The summed E-state index contributed by atoms with van der Waals surface area (Å²) < 4.78 is 0. The number of aromatic nitrogens is 1. The van der Waals surface area contributed by atoms with Crippen LogP contribution in [0.25, 0.3) is 0 Å². The van der Waals surface area contributed by atoms with Gasteiger partial charge in [-0.25, -0.2) is 4.98 Å². The highest BCUT2D eigenvalue weighted by molar-refractivity contribution is 7.14. The summed E-state index contributed by atoms with van der Waals surface area (Å²) >= 11 is 1.42. The van der Waals surface area contributed by atoms with E-state index in [-0.39, 0.29) is 24.3 Å². The fourth-order valence-electron chi connectivity index (χ4n) is 4.64. The molecule has 174 valence electrons. The molecule has 1 saturated heterocycles. The van der Waals surface area contributed by atoms with Gasteiger partial charge >= 0.3 is 0 Å². The van der Waals surface area contributed by atoms with E-state index in [0.29, 0.717) is 33.3 Å². The lowest BCUT2D eigenvalue weighted by molar-refractivity contribution is 0.0642. The maximum absolute atomic E-state index is 12.9. The number of amides is 3. The van der Waals surface area contributed by atoms with Crippen molar-refractivity contribution in [1.29, 1.82) is 0 Å². The molecule has 1 unspecified atom stereocenters. The first-order valence-corrected chi connectivity index (χ1v) is 12.4. The summed E-state index contributed by atoms with van der Waals surface area (Å²) in [7, 11) is 0. The Kier molecular flexibility index (Phi) is 6.26. The van der Waals surface area contributed by atoms with Gasteiger partial charge in [-0.05, 0) is 55.1 Å². The van der Waals surface area contributed by atoms with Gasteiger partial charge in [0.15, 0.2) is 5.13 Å². The van der Waals surface area contributed by atoms with Crippen LogP contribution >= 0.6 is 11.3 Å². The third kappa shape index (κ3) is 4.64. The minimum atomic E-state index is -0.311. The van der Waals surface area contributed by atoms with Gasteiger partial charge in [-0.2, -0.15) is 0 Å². The zero-order valence-corrected chi connectivity index (χ0v) is 19.8. The summed E-state index contributed by atoms with van der Waals surface area (Å²) in [4.78, 5) is 46.4. The molecule has 7 nitrogen and oxygen atoms in total. The summed E-state index contributed by atoms with van der Waals surface area (Å²) in [5, 5.41) is 5.44. The van der Waals surface area contributed by atoms with Gasteiger partial charge in [-0.1, -0.05) is 31.2 Å². The molecule has 3 amide bonds. The van der Waals surface area contributed by atoms with Gasteiger partial charge in [0.05, 0.1) is 23.4 Å². The Bertz CT molecular complexity index is 1220. The molecule has 34 heavy (non-hydrogen) atoms. The van der Waals surface area contributed by atoms with E-state index in [2.05, 4.69) is 22.1 Å². The highest BCUT2D eigenvalue weighted by Crippen LogP contribution is 2.25. The largest absolute Gasteiger partial charge is 0.298 e. The third-order valence-electron chi connectivity index (χ3n) is 6.31. The van der Waals surface area contributed by atoms with Crippen LogP contribution in [-0.2, 0) is 13.1 Å². The lowest BCUT2D eigenvalue weighted by Gasteiger charge is -2.30. The average Bonchev–Trinajstić information content (AvgIpc) is 3.37. The van der Waals surface area contributed by atoms with Gasteiger partial charge in [0.25, 0.3) is 17.7 Å². The van der Waals surface area contributed by atoms with Gasteiger partial charge < -0.3 is 0 Å². The van der Waals surface area contributed by atoms with Crippen LogP contribution in [0.1, 0.15) is 62.1 Å². The number of nitrogens with one attached hydrogen (secondary N) is 1. The topological polar surface area (TPSA) is 82.6 Å². The van der Waals surface area contributed by atoms with Crippen molar-refractivity contribution in [2.75, 3.05) is 18.4 Å². The number of piperidine rings is 1. The molecule has 0 radical (unpaired) electrons. The van der Waals surface area contributed by atoms with E-state index in [1.165, 1.54) is 29.1 Å². The second kappa shape index (κ2) is 9.48. The van der Waals surface area contributed by atoms with E-state index < -0.39 is 0 Å². The fourth-order valence-corrected chi connectivity index (χ4v) is 5.34. The Hall–Kier alpha value is -3.36. The Morgan fingerprint density at radius 3 is 2.59 bits per heavy atom. The number of hydrogen-bond donors (Lipinski definition) is 1. The number of thiazole rings is 1. The normalized spacial score (nSPS) is 18.3.